The van der Waals surface area contributed by atoms with Gasteiger partial charge in [-0.1, -0.05) is 6.07 Å². The molecule has 0 spiro atoms. The van der Waals surface area contributed by atoms with Gasteiger partial charge in [-0.25, -0.2) is 9.78 Å². The van der Waals surface area contributed by atoms with Crippen molar-refractivity contribution in [3.63, 3.8) is 0 Å². The van der Waals surface area contributed by atoms with Gasteiger partial charge in [0.2, 0.25) is 0 Å². The molecule has 32 heavy (non-hydrogen) atoms. The number of esters is 1. The van der Waals surface area contributed by atoms with Gasteiger partial charge in [-0.2, -0.15) is 9.78 Å². The summed E-state index contributed by atoms with van der Waals surface area (Å²) in [6, 6.07) is 8.58. The Hall–Kier alpha value is -3.30. The Kier molecular flexibility index (Phi) is 5.59. The highest BCUT2D eigenvalue weighted by Gasteiger charge is 2.20. The molecule has 0 unspecified atom stereocenters. The number of carbonyl (C=O) groups is 1. The summed E-state index contributed by atoms with van der Waals surface area (Å²) >= 11 is 2.92. The Bertz CT molecular complexity index is 1390. The Morgan fingerprint density at radius 3 is 2.91 bits per heavy atom. The summed E-state index contributed by atoms with van der Waals surface area (Å²) in [6.07, 6.45) is 7.20. The van der Waals surface area contributed by atoms with Gasteiger partial charge in [-0.05, 0) is 66.5 Å². The molecule has 1 aliphatic rings. The van der Waals surface area contributed by atoms with Crippen molar-refractivity contribution in [1.82, 2.24) is 9.66 Å². The van der Waals surface area contributed by atoms with Crippen molar-refractivity contribution in [3.8, 4) is 11.5 Å². The zero-order chi connectivity index (χ0) is 22.1. The fourth-order valence-corrected chi connectivity index (χ4v) is 5.56. The van der Waals surface area contributed by atoms with E-state index in [4.69, 9.17) is 9.47 Å². The maximum Gasteiger partial charge on any atom is 0.353 e. The van der Waals surface area contributed by atoms with E-state index in [-0.39, 0.29) is 5.56 Å². The first-order chi connectivity index (χ1) is 15.6. The number of hydrogen-bond donors (Lipinski definition) is 0. The quantitative estimate of drug-likeness (QED) is 0.246. The van der Waals surface area contributed by atoms with E-state index in [0.717, 1.165) is 36.1 Å². The van der Waals surface area contributed by atoms with Crippen LogP contribution in [-0.4, -0.2) is 29.0 Å². The summed E-state index contributed by atoms with van der Waals surface area (Å²) < 4.78 is 12.1. The van der Waals surface area contributed by atoms with Gasteiger partial charge in [0.25, 0.3) is 5.56 Å². The molecular weight excluding hydrogens is 446 g/mol. The topological polar surface area (TPSA) is 82.8 Å². The van der Waals surface area contributed by atoms with Crippen molar-refractivity contribution in [2.45, 2.75) is 25.7 Å². The predicted molar refractivity (Wildman–Crippen MR) is 126 cm³/mol. The number of methoxy groups -OCH3 is 1. The number of nitrogens with zero attached hydrogens (tertiary/aromatic N) is 3. The molecule has 0 radical (unpaired) electrons. The summed E-state index contributed by atoms with van der Waals surface area (Å²) in [4.78, 5) is 32.3. The van der Waals surface area contributed by atoms with Crippen LogP contribution in [0, 0.1) is 0 Å². The summed E-state index contributed by atoms with van der Waals surface area (Å²) in [6.45, 7) is 0. The lowest BCUT2D eigenvalue weighted by molar-refractivity contribution is 0.0735. The van der Waals surface area contributed by atoms with Gasteiger partial charge in [-0.15, -0.1) is 22.7 Å². The van der Waals surface area contributed by atoms with Gasteiger partial charge in [0.15, 0.2) is 11.5 Å². The van der Waals surface area contributed by atoms with Crippen LogP contribution in [-0.2, 0) is 12.8 Å². The van der Waals surface area contributed by atoms with E-state index in [9.17, 15) is 9.59 Å². The molecule has 4 aromatic rings. The largest absolute Gasteiger partial charge is 0.493 e. The minimum absolute atomic E-state index is 0.154. The highest BCUT2D eigenvalue weighted by Crippen LogP contribution is 2.33. The van der Waals surface area contributed by atoms with Gasteiger partial charge in [-0.3, -0.25) is 4.79 Å². The molecule has 0 amide bonds. The van der Waals surface area contributed by atoms with E-state index in [2.05, 4.69) is 10.1 Å². The number of aromatic nitrogens is 2. The lowest BCUT2D eigenvalue weighted by atomic mass is 9.97. The van der Waals surface area contributed by atoms with E-state index >= 15 is 0 Å². The van der Waals surface area contributed by atoms with Crippen LogP contribution >= 0.6 is 22.7 Å². The number of hydrogen-bond acceptors (Lipinski definition) is 8. The van der Waals surface area contributed by atoms with E-state index < -0.39 is 5.97 Å². The number of aryl methyl sites for hydroxylation is 2. The molecule has 0 saturated heterocycles. The van der Waals surface area contributed by atoms with Gasteiger partial charge >= 0.3 is 5.97 Å². The summed E-state index contributed by atoms with van der Waals surface area (Å²) in [5.74, 6) is 0.268. The highest BCUT2D eigenvalue weighted by atomic mass is 32.1. The third-order valence-corrected chi connectivity index (χ3v) is 7.35. The normalized spacial score (nSPS) is 13.4. The molecule has 162 valence electrons. The van der Waals surface area contributed by atoms with Crippen LogP contribution in [0.15, 0.2) is 51.9 Å². The van der Waals surface area contributed by atoms with Crippen LogP contribution in [0.1, 0.15) is 38.5 Å². The standard InChI is InChI=1S/C23H19N3O4S2/c1-29-17-11-14(8-9-16(17)30-23(28)19-7-4-10-31-19)12-25-26-13-24-21-20(22(26)27)15-5-2-3-6-18(15)32-21/h4,7-13H,2-3,5-6H2,1H3/b25-12+. The van der Waals surface area contributed by atoms with Crippen molar-refractivity contribution in [2.24, 2.45) is 5.10 Å². The molecule has 0 aliphatic heterocycles. The van der Waals surface area contributed by atoms with Crippen LogP contribution in [0.3, 0.4) is 0 Å². The first-order valence-corrected chi connectivity index (χ1v) is 11.8. The third-order valence-electron chi connectivity index (χ3n) is 5.30. The van der Waals surface area contributed by atoms with Gasteiger partial charge in [0.1, 0.15) is 16.0 Å². The van der Waals surface area contributed by atoms with Crippen molar-refractivity contribution < 1.29 is 14.3 Å². The molecule has 0 N–H and O–H groups in total. The molecule has 0 fully saturated rings. The predicted octanol–water partition coefficient (Wildman–Crippen LogP) is 4.51. The molecule has 7 nitrogen and oxygen atoms in total. The van der Waals surface area contributed by atoms with E-state index in [1.165, 1.54) is 34.3 Å². The molecule has 0 saturated carbocycles. The lowest BCUT2D eigenvalue weighted by Gasteiger charge is -2.10. The number of fused-ring (bicyclic) bond motifs is 3. The smallest absolute Gasteiger partial charge is 0.353 e. The monoisotopic (exact) mass is 465 g/mol. The molecule has 9 heteroatoms. The second kappa shape index (κ2) is 8.68. The average Bonchev–Trinajstić information content (AvgIpc) is 3.47. The Morgan fingerprint density at radius 2 is 2.09 bits per heavy atom. The number of benzene rings is 1. The molecule has 0 bridgehead atoms. The first kappa shape index (κ1) is 20.6. The second-order valence-electron chi connectivity index (χ2n) is 7.31. The maximum absolute atomic E-state index is 13.0. The zero-order valence-corrected chi connectivity index (χ0v) is 18.9. The highest BCUT2D eigenvalue weighted by molar-refractivity contribution is 7.18. The van der Waals surface area contributed by atoms with Crippen LogP contribution in [0.5, 0.6) is 11.5 Å². The number of rotatable bonds is 5. The van der Waals surface area contributed by atoms with Crippen LogP contribution < -0.4 is 15.0 Å². The fourth-order valence-electron chi connectivity index (χ4n) is 3.74. The zero-order valence-electron chi connectivity index (χ0n) is 17.2. The molecular formula is C23H19N3O4S2. The van der Waals surface area contributed by atoms with E-state index in [0.29, 0.717) is 27.3 Å². The van der Waals surface area contributed by atoms with Crippen LogP contribution in [0.4, 0.5) is 0 Å². The minimum atomic E-state index is -0.440. The molecule has 0 atom stereocenters. The van der Waals surface area contributed by atoms with Crippen molar-refractivity contribution in [1.29, 1.82) is 0 Å². The summed E-state index contributed by atoms with van der Waals surface area (Å²) in [5, 5.41) is 6.83. The molecule has 3 aromatic heterocycles. The minimum Gasteiger partial charge on any atom is -0.493 e. The fraction of sp³-hybridized carbons (Fsp3) is 0.217. The van der Waals surface area contributed by atoms with Gasteiger partial charge in [0.05, 0.1) is 18.7 Å². The lowest BCUT2D eigenvalue weighted by Crippen LogP contribution is -2.18. The number of thiophene rings is 2. The van der Waals surface area contributed by atoms with Crippen LogP contribution in [0.2, 0.25) is 0 Å². The second-order valence-corrected chi connectivity index (χ2v) is 9.34. The maximum atomic E-state index is 13.0. The van der Waals surface area contributed by atoms with E-state index in [1.54, 1.807) is 47.9 Å². The Labute approximate surface area is 191 Å². The number of carbonyl (C=O) groups excluding carboxylic acids is 1. The Morgan fingerprint density at radius 1 is 1.22 bits per heavy atom. The molecule has 1 aliphatic carbocycles. The third kappa shape index (κ3) is 3.85. The van der Waals surface area contributed by atoms with E-state index in [1.807, 2.05) is 5.38 Å². The van der Waals surface area contributed by atoms with Gasteiger partial charge in [0, 0.05) is 4.88 Å². The summed E-state index contributed by atoms with van der Waals surface area (Å²) in [5.41, 5.74) is 1.67. The molecule has 3 heterocycles. The number of ether oxygens (including phenoxy) is 2. The van der Waals surface area contributed by atoms with Crippen molar-refractivity contribution in [2.75, 3.05) is 7.11 Å². The average molecular weight is 466 g/mol. The Balaban J connectivity index is 1.42. The molecule has 1 aromatic carbocycles. The van der Waals surface area contributed by atoms with Gasteiger partial charge < -0.3 is 9.47 Å². The first-order valence-electron chi connectivity index (χ1n) is 10.1. The van der Waals surface area contributed by atoms with Crippen molar-refractivity contribution in [3.05, 3.63) is 73.3 Å². The molecule has 5 rings (SSSR count). The summed E-state index contributed by atoms with van der Waals surface area (Å²) in [7, 11) is 1.50. The van der Waals surface area contributed by atoms with Crippen molar-refractivity contribution >= 4 is 45.1 Å². The SMILES string of the molecule is COc1cc(/C=N/n2cnc3sc4c(c3c2=O)CCCC4)ccc1OC(=O)c1cccs1. The van der Waals surface area contributed by atoms with Crippen LogP contribution in [0.25, 0.3) is 10.2 Å².